The molecule has 0 bridgehead atoms. The molecule has 134 valence electrons. The van der Waals surface area contributed by atoms with Gasteiger partial charge in [-0.3, -0.25) is 4.79 Å². The average Bonchev–Trinajstić information content (AvgIpc) is 3.18. The molecule has 0 fully saturated rings. The molecule has 0 saturated carbocycles. The summed E-state index contributed by atoms with van der Waals surface area (Å²) in [5.41, 5.74) is 3.77. The molecule has 0 aliphatic carbocycles. The topological polar surface area (TPSA) is 54.9 Å². The van der Waals surface area contributed by atoms with Crippen molar-refractivity contribution in [3.8, 4) is 10.6 Å². The molecule has 5 aromatic rings. The van der Waals surface area contributed by atoms with Crippen LogP contribution >= 0.6 is 11.3 Å². The number of hydrogen-bond acceptors (Lipinski definition) is 4. The summed E-state index contributed by atoms with van der Waals surface area (Å²) in [4.78, 5) is 22.0. The van der Waals surface area contributed by atoms with E-state index in [-0.39, 0.29) is 5.91 Å². The fourth-order valence-electron chi connectivity index (χ4n) is 3.14. The van der Waals surface area contributed by atoms with Crippen LogP contribution in [0.25, 0.3) is 31.7 Å². The van der Waals surface area contributed by atoms with Gasteiger partial charge in [0.05, 0.1) is 21.4 Å². The molecule has 0 spiro atoms. The number of carbonyl (C=O) groups is 1. The van der Waals surface area contributed by atoms with Gasteiger partial charge in [0.15, 0.2) is 0 Å². The first-order chi connectivity index (χ1) is 13.8. The van der Waals surface area contributed by atoms with Crippen LogP contribution in [0.15, 0.2) is 84.9 Å². The van der Waals surface area contributed by atoms with Crippen molar-refractivity contribution in [2.45, 2.75) is 0 Å². The van der Waals surface area contributed by atoms with Crippen molar-refractivity contribution in [2.75, 3.05) is 5.32 Å². The standard InChI is InChI=1S/C23H15N3OS/c27-22(20-14-13-15-7-1-3-9-17(15)24-20)25-18-10-4-2-8-16(18)23-26-19-11-5-6-12-21(19)28-23/h1-14H,(H,25,27). The highest BCUT2D eigenvalue weighted by atomic mass is 32.1. The van der Waals surface area contributed by atoms with Gasteiger partial charge in [0.1, 0.15) is 10.7 Å². The lowest BCUT2D eigenvalue weighted by Crippen LogP contribution is -2.14. The van der Waals surface area contributed by atoms with Crippen LogP contribution in [0.2, 0.25) is 0 Å². The van der Waals surface area contributed by atoms with Gasteiger partial charge in [-0.1, -0.05) is 48.5 Å². The molecule has 5 rings (SSSR count). The van der Waals surface area contributed by atoms with Gasteiger partial charge >= 0.3 is 0 Å². The van der Waals surface area contributed by atoms with Crippen molar-refractivity contribution >= 4 is 44.1 Å². The lowest BCUT2D eigenvalue weighted by atomic mass is 10.1. The number of nitrogens with one attached hydrogen (secondary N) is 1. The quantitative estimate of drug-likeness (QED) is 0.432. The van der Waals surface area contributed by atoms with E-state index in [0.717, 1.165) is 37.4 Å². The Labute approximate surface area is 165 Å². The van der Waals surface area contributed by atoms with Gasteiger partial charge < -0.3 is 5.32 Å². The Bertz CT molecular complexity index is 1290. The van der Waals surface area contributed by atoms with Crippen molar-refractivity contribution in [3.63, 3.8) is 0 Å². The summed E-state index contributed by atoms with van der Waals surface area (Å²) >= 11 is 1.61. The largest absolute Gasteiger partial charge is 0.320 e. The first kappa shape index (κ1) is 16.6. The number of nitrogens with zero attached hydrogens (tertiary/aromatic N) is 2. The number of pyridine rings is 1. The van der Waals surface area contributed by atoms with E-state index < -0.39 is 0 Å². The lowest BCUT2D eigenvalue weighted by molar-refractivity contribution is 0.102. The molecule has 0 unspecified atom stereocenters. The maximum atomic E-state index is 12.8. The van der Waals surface area contributed by atoms with E-state index in [2.05, 4.69) is 16.4 Å². The summed E-state index contributed by atoms with van der Waals surface area (Å²) in [6.45, 7) is 0. The van der Waals surface area contributed by atoms with Crippen molar-refractivity contribution in [1.29, 1.82) is 0 Å². The van der Waals surface area contributed by atoms with Gasteiger partial charge in [-0.15, -0.1) is 11.3 Å². The maximum Gasteiger partial charge on any atom is 0.274 e. The molecule has 0 aliphatic heterocycles. The number of anilines is 1. The van der Waals surface area contributed by atoms with Crippen molar-refractivity contribution in [3.05, 3.63) is 90.6 Å². The molecule has 2 aromatic heterocycles. The molecule has 5 heteroatoms. The van der Waals surface area contributed by atoms with Gasteiger partial charge in [-0.2, -0.15) is 0 Å². The van der Waals surface area contributed by atoms with Crippen LogP contribution in [0.5, 0.6) is 0 Å². The number of rotatable bonds is 3. The molecule has 4 nitrogen and oxygen atoms in total. The molecule has 0 aliphatic rings. The predicted molar refractivity (Wildman–Crippen MR) is 115 cm³/mol. The third-order valence-corrected chi connectivity index (χ3v) is 5.60. The minimum absolute atomic E-state index is 0.237. The smallest absolute Gasteiger partial charge is 0.274 e. The molecule has 3 aromatic carbocycles. The molecule has 1 amide bonds. The minimum Gasteiger partial charge on any atom is -0.320 e. The SMILES string of the molecule is O=C(Nc1ccccc1-c1nc2ccccc2s1)c1ccc2ccccc2n1. The summed E-state index contributed by atoms with van der Waals surface area (Å²) in [5, 5.41) is 4.89. The molecular weight excluding hydrogens is 366 g/mol. The van der Waals surface area contributed by atoms with Gasteiger partial charge in [0.25, 0.3) is 5.91 Å². The number of para-hydroxylation sites is 3. The normalized spacial score (nSPS) is 11.0. The third kappa shape index (κ3) is 3.02. The van der Waals surface area contributed by atoms with Crippen molar-refractivity contribution in [1.82, 2.24) is 9.97 Å². The Morgan fingerprint density at radius 3 is 2.39 bits per heavy atom. The summed E-state index contributed by atoms with van der Waals surface area (Å²) < 4.78 is 1.12. The number of hydrogen-bond donors (Lipinski definition) is 1. The molecule has 28 heavy (non-hydrogen) atoms. The van der Waals surface area contributed by atoms with E-state index in [1.165, 1.54) is 0 Å². The second-order valence-electron chi connectivity index (χ2n) is 6.38. The fourth-order valence-corrected chi connectivity index (χ4v) is 4.15. The zero-order valence-corrected chi connectivity index (χ0v) is 15.6. The van der Waals surface area contributed by atoms with Gasteiger partial charge in [0.2, 0.25) is 0 Å². The second-order valence-corrected chi connectivity index (χ2v) is 7.41. The Morgan fingerprint density at radius 1 is 0.750 bits per heavy atom. The summed E-state index contributed by atoms with van der Waals surface area (Å²) in [6, 6.07) is 27.2. The highest BCUT2D eigenvalue weighted by Crippen LogP contribution is 2.34. The van der Waals surface area contributed by atoms with E-state index in [1.54, 1.807) is 17.4 Å². The lowest BCUT2D eigenvalue weighted by Gasteiger charge is -2.09. The van der Waals surface area contributed by atoms with Gasteiger partial charge in [0, 0.05) is 10.9 Å². The number of benzene rings is 3. The van der Waals surface area contributed by atoms with Gasteiger partial charge in [-0.05, 0) is 36.4 Å². The summed E-state index contributed by atoms with van der Waals surface area (Å²) in [6.07, 6.45) is 0. The molecule has 0 saturated heterocycles. The van der Waals surface area contributed by atoms with Crippen LogP contribution in [0.1, 0.15) is 10.5 Å². The number of carbonyl (C=O) groups excluding carboxylic acids is 1. The van der Waals surface area contributed by atoms with Crippen molar-refractivity contribution in [2.24, 2.45) is 0 Å². The van der Waals surface area contributed by atoms with Crippen LogP contribution in [-0.2, 0) is 0 Å². The Morgan fingerprint density at radius 2 is 1.50 bits per heavy atom. The first-order valence-electron chi connectivity index (χ1n) is 8.90. The minimum atomic E-state index is -0.237. The molecule has 1 N–H and O–H groups in total. The fraction of sp³-hybridized carbons (Fsp3) is 0. The Balaban J connectivity index is 1.50. The number of amides is 1. The highest BCUT2D eigenvalue weighted by molar-refractivity contribution is 7.21. The first-order valence-corrected chi connectivity index (χ1v) is 9.72. The monoisotopic (exact) mass is 381 g/mol. The second kappa shape index (κ2) is 6.87. The number of fused-ring (bicyclic) bond motifs is 2. The highest BCUT2D eigenvalue weighted by Gasteiger charge is 2.14. The predicted octanol–water partition coefficient (Wildman–Crippen LogP) is 5.76. The number of thiazole rings is 1. The van der Waals surface area contributed by atoms with Crippen LogP contribution in [-0.4, -0.2) is 15.9 Å². The number of aromatic nitrogens is 2. The van der Waals surface area contributed by atoms with Crippen LogP contribution in [0.4, 0.5) is 5.69 Å². The van der Waals surface area contributed by atoms with Crippen LogP contribution in [0.3, 0.4) is 0 Å². The average molecular weight is 381 g/mol. The zero-order valence-electron chi connectivity index (χ0n) is 14.8. The Kier molecular flexibility index (Phi) is 4.07. The summed E-state index contributed by atoms with van der Waals surface area (Å²) in [5.74, 6) is -0.237. The summed E-state index contributed by atoms with van der Waals surface area (Å²) in [7, 11) is 0. The third-order valence-electron chi connectivity index (χ3n) is 4.53. The zero-order chi connectivity index (χ0) is 18.9. The van der Waals surface area contributed by atoms with E-state index in [1.807, 2.05) is 72.8 Å². The van der Waals surface area contributed by atoms with E-state index in [9.17, 15) is 4.79 Å². The van der Waals surface area contributed by atoms with Crippen LogP contribution < -0.4 is 5.32 Å². The molecule has 2 heterocycles. The van der Waals surface area contributed by atoms with E-state index >= 15 is 0 Å². The Hall–Kier alpha value is -3.57. The van der Waals surface area contributed by atoms with Crippen LogP contribution in [0, 0.1) is 0 Å². The van der Waals surface area contributed by atoms with E-state index in [0.29, 0.717) is 5.69 Å². The molecule has 0 atom stereocenters. The van der Waals surface area contributed by atoms with Gasteiger partial charge in [-0.25, -0.2) is 9.97 Å². The van der Waals surface area contributed by atoms with E-state index in [4.69, 9.17) is 4.98 Å². The van der Waals surface area contributed by atoms with Crippen molar-refractivity contribution < 1.29 is 4.79 Å². The molecule has 0 radical (unpaired) electrons. The maximum absolute atomic E-state index is 12.8. The molecular formula is C23H15N3OS.